The molecule has 4 heteroatoms. The fourth-order valence-corrected chi connectivity index (χ4v) is 2.48. The van der Waals surface area contributed by atoms with Gasteiger partial charge in [0.15, 0.2) is 0 Å². The molecule has 1 fully saturated rings. The first kappa shape index (κ1) is 13.2. The molecule has 0 radical (unpaired) electrons. The number of nitrogens with zero attached hydrogens (tertiary/aromatic N) is 1. The van der Waals surface area contributed by atoms with Crippen LogP contribution in [-0.4, -0.2) is 44.5 Å². The van der Waals surface area contributed by atoms with Gasteiger partial charge in [-0.15, -0.1) is 0 Å². The molecule has 0 spiro atoms. The van der Waals surface area contributed by atoms with Crippen molar-refractivity contribution in [2.75, 3.05) is 38.3 Å². The first-order valence-corrected chi connectivity index (χ1v) is 6.57. The predicted octanol–water partition coefficient (Wildman–Crippen LogP) is 1.25. The first-order valence-electron chi connectivity index (χ1n) is 6.57. The number of hydrogen-bond donors (Lipinski definition) is 2. The topological polar surface area (TPSA) is 44.7 Å². The second-order valence-corrected chi connectivity index (χ2v) is 4.61. The maximum absolute atomic E-state index is 8.81. The van der Waals surface area contributed by atoms with E-state index in [4.69, 9.17) is 9.84 Å². The van der Waals surface area contributed by atoms with Gasteiger partial charge in [-0.1, -0.05) is 12.1 Å². The van der Waals surface area contributed by atoms with Crippen LogP contribution in [0.3, 0.4) is 0 Å². The van der Waals surface area contributed by atoms with Gasteiger partial charge in [-0.05, 0) is 25.0 Å². The van der Waals surface area contributed by atoms with E-state index in [1.807, 2.05) is 18.2 Å². The van der Waals surface area contributed by atoms with E-state index in [0.717, 1.165) is 31.7 Å². The molecule has 0 aromatic heterocycles. The molecule has 0 bridgehead atoms. The molecule has 1 heterocycles. The number of piperidine rings is 1. The summed E-state index contributed by atoms with van der Waals surface area (Å²) < 4.78 is 5.40. The smallest absolute Gasteiger partial charge is 0.142 e. The van der Waals surface area contributed by atoms with E-state index in [-0.39, 0.29) is 6.61 Å². The van der Waals surface area contributed by atoms with Crippen LogP contribution in [-0.2, 0) is 0 Å². The van der Waals surface area contributed by atoms with Crippen molar-refractivity contribution in [3.8, 4) is 5.75 Å². The molecule has 0 atom stereocenters. The summed E-state index contributed by atoms with van der Waals surface area (Å²) in [4.78, 5) is 2.37. The standard InChI is InChI=1S/C14H22N2O2/c1-18-14-5-3-2-4-13(14)16-9-6-12(7-10-16)15-8-11-17/h2-5,12,15,17H,6-11H2,1H3. The number of aliphatic hydroxyl groups excluding tert-OH is 1. The largest absolute Gasteiger partial charge is 0.495 e. The van der Waals surface area contributed by atoms with E-state index in [2.05, 4.69) is 16.3 Å². The lowest BCUT2D eigenvalue weighted by molar-refractivity contribution is 0.277. The summed E-state index contributed by atoms with van der Waals surface area (Å²) in [6, 6.07) is 8.69. The van der Waals surface area contributed by atoms with Gasteiger partial charge in [-0.2, -0.15) is 0 Å². The molecule has 2 N–H and O–H groups in total. The molecule has 0 amide bonds. The minimum atomic E-state index is 0.215. The summed E-state index contributed by atoms with van der Waals surface area (Å²) in [7, 11) is 1.72. The summed E-state index contributed by atoms with van der Waals surface area (Å²) in [5.41, 5.74) is 1.18. The Balaban J connectivity index is 1.92. The molecule has 4 nitrogen and oxygen atoms in total. The van der Waals surface area contributed by atoms with Crippen LogP contribution in [0.5, 0.6) is 5.75 Å². The summed E-state index contributed by atoms with van der Waals surface area (Å²) in [5, 5.41) is 12.2. The fraction of sp³-hybridized carbons (Fsp3) is 0.571. The highest BCUT2D eigenvalue weighted by Crippen LogP contribution is 2.29. The molecule has 18 heavy (non-hydrogen) atoms. The van der Waals surface area contributed by atoms with Crippen LogP contribution in [0.15, 0.2) is 24.3 Å². The van der Waals surface area contributed by atoms with Crippen molar-refractivity contribution < 1.29 is 9.84 Å². The lowest BCUT2D eigenvalue weighted by atomic mass is 10.0. The highest BCUT2D eigenvalue weighted by Gasteiger charge is 2.20. The molecule has 100 valence electrons. The number of anilines is 1. The van der Waals surface area contributed by atoms with Gasteiger partial charge >= 0.3 is 0 Å². The van der Waals surface area contributed by atoms with Crippen LogP contribution in [0.25, 0.3) is 0 Å². The predicted molar refractivity (Wildman–Crippen MR) is 73.3 cm³/mol. The van der Waals surface area contributed by atoms with Crippen LogP contribution < -0.4 is 15.0 Å². The Morgan fingerprint density at radius 1 is 1.33 bits per heavy atom. The van der Waals surface area contributed by atoms with Gasteiger partial charge in [0.1, 0.15) is 5.75 Å². The SMILES string of the molecule is COc1ccccc1N1CCC(NCCO)CC1. The van der Waals surface area contributed by atoms with Crippen LogP contribution in [0.4, 0.5) is 5.69 Å². The van der Waals surface area contributed by atoms with Gasteiger partial charge in [0.25, 0.3) is 0 Å². The summed E-state index contributed by atoms with van der Waals surface area (Å²) in [6.45, 7) is 2.97. The quantitative estimate of drug-likeness (QED) is 0.825. The fourth-order valence-electron chi connectivity index (χ4n) is 2.48. The average molecular weight is 250 g/mol. The molecular weight excluding hydrogens is 228 g/mol. The van der Waals surface area contributed by atoms with Crippen molar-refractivity contribution in [1.29, 1.82) is 0 Å². The zero-order valence-electron chi connectivity index (χ0n) is 10.9. The third kappa shape index (κ3) is 3.15. The van der Waals surface area contributed by atoms with Gasteiger partial charge in [0.2, 0.25) is 0 Å². The lowest BCUT2D eigenvalue weighted by Crippen LogP contribution is -2.43. The molecule has 0 unspecified atom stereocenters. The van der Waals surface area contributed by atoms with Gasteiger partial charge in [-0.25, -0.2) is 0 Å². The zero-order chi connectivity index (χ0) is 12.8. The molecule has 1 aliphatic rings. The van der Waals surface area contributed by atoms with Gasteiger partial charge in [0, 0.05) is 25.7 Å². The number of hydrogen-bond acceptors (Lipinski definition) is 4. The highest BCUT2D eigenvalue weighted by molar-refractivity contribution is 5.58. The van der Waals surface area contributed by atoms with E-state index in [1.54, 1.807) is 7.11 Å². The van der Waals surface area contributed by atoms with Gasteiger partial charge in [0.05, 0.1) is 19.4 Å². The molecular formula is C14H22N2O2. The zero-order valence-corrected chi connectivity index (χ0v) is 10.9. The molecule has 2 rings (SSSR count). The third-order valence-corrected chi connectivity index (χ3v) is 3.47. The maximum atomic E-state index is 8.81. The Hall–Kier alpha value is -1.26. The number of para-hydroxylation sites is 2. The van der Waals surface area contributed by atoms with Crippen molar-refractivity contribution in [3.05, 3.63) is 24.3 Å². The first-order chi connectivity index (χ1) is 8.85. The lowest BCUT2D eigenvalue weighted by Gasteiger charge is -2.34. The summed E-state index contributed by atoms with van der Waals surface area (Å²) in [6.07, 6.45) is 2.22. The van der Waals surface area contributed by atoms with Crippen LogP contribution in [0.1, 0.15) is 12.8 Å². The number of methoxy groups -OCH3 is 1. The van der Waals surface area contributed by atoms with Crippen LogP contribution in [0, 0.1) is 0 Å². The van der Waals surface area contributed by atoms with E-state index < -0.39 is 0 Å². The normalized spacial score (nSPS) is 16.9. The van der Waals surface area contributed by atoms with Crippen LogP contribution >= 0.6 is 0 Å². The minimum Gasteiger partial charge on any atom is -0.495 e. The maximum Gasteiger partial charge on any atom is 0.142 e. The van der Waals surface area contributed by atoms with Crippen LogP contribution in [0.2, 0.25) is 0 Å². The Labute approximate surface area is 109 Å². The minimum absolute atomic E-state index is 0.215. The Kier molecular flexibility index (Phi) is 4.84. The van der Waals surface area contributed by atoms with E-state index in [9.17, 15) is 0 Å². The molecule has 0 saturated carbocycles. The summed E-state index contributed by atoms with van der Waals surface area (Å²) in [5.74, 6) is 0.944. The van der Waals surface area contributed by atoms with Crippen molar-refractivity contribution >= 4 is 5.69 Å². The Bertz CT molecular complexity index is 363. The highest BCUT2D eigenvalue weighted by atomic mass is 16.5. The van der Waals surface area contributed by atoms with Gasteiger partial charge < -0.3 is 20.1 Å². The Morgan fingerprint density at radius 3 is 2.72 bits per heavy atom. The summed E-state index contributed by atoms with van der Waals surface area (Å²) >= 11 is 0. The monoisotopic (exact) mass is 250 g/mol. The molecule has 1 aliphatic heterocycles. The number of rotatable bonds is 5. The van der Waals surface area contributed by atoms with Crippen molar-refractivity contribution in [1.82, 2.24) is 5.32 Å². The number of benzene rings is 1. The third-order valence-electron chi connectivity index (χ3n) is 3.47. The number of aliphatic hydroxyl groups is 1. The Morgan fingerprint density at radius 2 is 2.06 bits per heavy atom. The number of nitrogens with one attached hydrogen (secondary N) is 1. The van der Waals surface area contributed by atoms with Crippen molar-refractivity contribution in [3.63, 3.8) is 0 Å². The molecule has 1 saturated heterocycles. The van der Waals surface area contributed by atoms with Gasteiger partial charge in [-0.3, -0.25) is 0 Å². The van der Waals surface area contributed by atoms with Crippen molar-refractivity contribution in [2.24, 2.45) is 0 Å². The second kappa shape index (κ2) is 6.61. The van der Waals surface area contributed by atoms with Crippen molar-refractivity contribution in [2.45, 2.75) is 18.9 Å². The number of ether oxygens (including phenoxy) is 1. The molecule has 1 aromatic carbocycles. The second-order valence-electron chi connectivity index (χ2n) is 4.61. The van der Waals surface area contributed by atoms with E-state index in [1.165, 1.54) is 5.69 Å². The average Bonchev–Trinajstić information content (AvgIpc) is 2.45. The molecule has 0 aliphatic carbocycles. The van der Waals surface area contributed by atoms with E-state index in [0.29, 0.717) is 12.6 Å². The van der Waals surface area contributed by atoms with E-state index >= 15 is 0 Å². The molecule has 1 aromatic rings.